The van der Waals surface area contributed by atoms with E-state index in [2.05, 4.69) is 27.2 Å². The predicted molar refractivity (Wildman–Crippen MR) is 65.6 cm³/mol. The summed E-state index contributed by atoms with van der Waals surface area (Å²) < 4.78 is 10.8. The van der Waals surface area contributed by atoms with Gasteiger partial charge in [0.1, 0.15) is 0 Å². The normalized spacial score (nSPS) is 10.1. The second-order valence-corrected chi connectivity index (χ2v) is 3.52. The van der Waals surface area contributed by atoms with E-state index >= 15 is 0 Å². The Bertz CT molecular complexity index is 333. The summed E-state index contributed by atoms with van der Waals surface area (Å²) in [6.45, 7) is 5.32. The highest BCUT2D eigenvalue weighted by molar-refractivity contribution is 5.26. The van der Waals surface area contributed by atoms with Crippen molar-refractivity contribution in [3.63, 3.8) is 0 Å². The van der Waals surface area contributed by atoms with Gasteiger partial charge in [0.25, 0.3) is 0 Å². The summed E-state index contributed by atoms with van der Waals surface area (Å²) in [5, 5.41) is 2.85. The molecule has 1 N–H and O–H groups in total. The van der Waals surface area contributed by atoms with Crippen LogP contribution < -0.4 is 14.8 Å². The number of anilines is 1. The van der Waals surface area contributed by atoms with Crippen LogP contribution in [0.1, 0.15) is 33.1 Å². The molecule has 96 valence electrons. The molecular weight excluding hydrogens is 220 g/mol. The summed E-state index contributed by atoms with van der Waals surface area (Å²) in [7, 11) is 1.74. The van der Waals surface area contributed by atoms with Crippen molar-refractivity contribution in [1.29, 1.82) is 0 Å². The Hall–Kier alpha value is -1.59. The van der Waals surface area contributed by atoms with Gasteiger partial charge in [-0.05, 0) is 12.8 Å². The fraction of sp³-hybridized carbons (Fsp3) is 0.727. The summed E-state index contributed by atoms with van der Waals surface area (Å²) in [6, 6.07) is 0.613. The van der Waals surface area contributed by atoms with Crippen LogP contribution in [0.3, 0.4) is 0 Å². The molecule has 0 bridgehead atoms. The first-order valence-corrected chi connectivity index (χ1v) is 5.99. The first-order chi connectivity index (χ1) is 8.30. The number of ether oxygens (including phenoxy) is 2. The van der Waals surface area contributed by atoms with Crippen LogP contribution in [0, 0.1) is 0 Å². The predicted octanol–water partition coefficient (Wildman–Crippen LogP) is 1.88. The highest BCUT2D eigenvalue weighted by Gasteiger charge is 2.07. The second kappa shape index (κ2) is 7.65. The third-order valence-electron chi connectivity index (χ3n) is 1.98. The minimum absolute atomic E-state index is 0.303. The van der Waals surface area contributed by atoms with E-state index in [9.17, 15) is 0 Å². The highest BCUT2D eigenvalue weighted by atomic mass is 16.5. The molecule has 0 aliphatic carbocycles. The summed E-state index contributed by atoms with van der Waals surface area (Å²) in [5.74, 6) is 0.456. The molecule has 0 saturated carbocycles. The van der Waals surface area contributed by atoms with E-state index in [0.29, 0.717) is 31.2 Å². The lowest BCUT2D eigenvalue weighted by molar-refractivity contribution is 0.259. The van der Waals surface area contributed by atoms with Crippen LogP contribution in [-0.4, -0.2) is 35.2 Å². The van der Waals surface area contributed by atoms with E-state index in [1.54, 1.807) is 7.05 Å². The molecule has 1 heterocycles. The van der Waals surface area contributed by atoms with E-state index in [0.717, 1.165) is 19.3 Å². The Morgan fingerprint density at radius 1 is 0.941 bits per heavy atom. The van der Waals surface area contributed by atoms with Gasteiger partial charge in [-0.15, -0.1) is 4.98 Å². The van der Waals surface area contributed by atoms with Gasteiger partial charge in [-0.2, -0.15) is 9.97 Å². The Morgan fingerprint density at radius 3 is 2.12 bits per heavy atom. The number of hydrogen-bond acceptors (Lipinski definition) is 6. The van der Waals surface area contributed by atoms with Gasteiger partial charge in [0.15, 0.2) is 0 Å². The van der Waals surface area contributed by atoms with Crippen molar-refractivity contribution in [2.45, 2.75) is 33.1 Å². The summed E-state index contributed by atoms with van der Waals surface area (Å²) in [5.41, 5.74) is 0. The first-order valence-electron chi connectivity index (χ1n) is 5.99. The van der Waals surface area contributed by atoms with E-state index in [1.165, 1.54) is 0 Å². The summed E-state index contributed by atoms with van der Waals surface area (Å²) in [4.78, 5) is 12.3. The lowest BCUT2D eigenvalue weighted by atomic mass is 10.4. The molecule has 0 amide bonds. The van der Waals surface area contributed by atoms with Crippen molar-refractivity contribution in [1.82, 2.24) is 15.0 Å². The number of aromatic nitrogens is 3. The molecule has 0 radical (unpaired) electrons. The third kappa shape index (κ3) is 4.84. The van der Waals surface area contributed by atoms with Crippen LogP contribution in [0.25, 0.3) is 0 Å². The Kier molecular flexibility index (Phi) is 6.06. The minimum Gasteiger partial charge on any atom is -0.463 e. The molecule has 0 fully saturated rings. The second-order valence-electron chi connectivity index (χ2n) is 3.52. The number of rotatable bonds is 8. The van der Waals surface area contributed by atoms with Gasteiger partial charge in [0.2, 0.25) is 5.95 Å². The van der Waals surface area contributed by atoms with Crippen LogP contribution in [0.2, 0.25) is 0 Å². The van der Waals surface area contributed by atoms with Gasteiger partial charge in [-0.25, -0.2) is 0 Å². The highest BCUT2D eigenvalue weighted by Crippen LogP contribution is 2.13. The van der Waals surface area contributed by atoms with Gasteiger partial charge < -0.3 is 14.8 Å². The molecule has 0 spiro atoms. The fourth-order valence-electron chi connectivity index (χ4n) is 1.08. The van der Waals surface area contributed by atoms with Crippen molar-refractivity contribution < 1.29 is 9.47 Å². The lowest BCUT2D eigenvalue weighted by Crippen LogP contribution is -2.08. The van der Waals surface area contributed by atoms with Crippen LogP contribution >= 0.6 is 0 Å². The Labute approximate surface area is 102 Å². The SMILES string of the molecule is CCCCOc1nc(NC)nc(OCCC)n1. The lowest BCUT2D eigenvalue weighted by Gasteiger charge is -2.07. The standard InChI is InChI=1S/C11H20N4O2/c1-4-6-8-17-11-14-9(12-3)13-10(15-11)16-7-5-2/h4-8H2,1-3H3,(H,12,13,14,15). The Balaban J connectivity index is 2.67. The zero-order chi connectivity index (χ0) is 12.5. The number of hydrogen-bond donors (Lipinski definition) is 1. The maximum absolute atomic E-state index is 5.43. The van der Waals surface area contributed by atoms with E-state index in [4.69, 9.17) is 9.47 Å². The first kappa shape index (κ1) is 13.5. The average molecular weight is 240 g/mol. The molecular formula is C11H20N4O2. The molecule has 1 rings (SSSR count). The maximum Gasteiger partial charge on any atom is 0.324 e. The largest absolute Gasteiger partial charge is 0.463 e. The van der Waals surface area contributed by atoms with Gasteiger partial charge in [-0.1, -0.05) is 20.3 Å². The average Bonchev–Trinajstić information content (AvgIpc) is 2.36. The van der Waals surface area contributed by atoms with Crippen molar-refractivity contribution in [3.8, 4) is 12.0 Å². The molecule has 1 aromatic rings. The molecule has 0 aromatic carbocycles. The smallest absolute Gasteiger partial charge is 0.324 e. The van der Waals surface area contributed by atoms with Crippen molar-refractivity contribution in [2.24, 2.45) is 0 Å². The van der Waals surface area contributed by atoms with Gasteiger partial charge in [0, 0.05) is 7.05 Å². The molecule has 6 nitrogen and oxygen atoms in total. The molecule has 17 heavy (non-hydrogen) atoms. The molecule has 0 aliphatic rings. The van der Waals surface area contributed by atoms with Crippen molar-refractivity contribution in [3.05, 3.63) is 0 Å². The number of nitrogens with zero attached hydrogens (tertiary/aromatic N) is 3. The topological polar surface area (TPSA) is 69.2 Å². The van der Waals surface area contributed by atoms with E-state index < -0.39 is 0 Å². The van der Waals surface area contributed by atoms with E-state index in [1.807, 2.05) is 6.92 Å². The molecule has 6 heteroatoms. The van der Waals surface area contributed by atoms with Crippen LogP contribution in [0.15, 0.2) is 0 Å². The van der Waals surface area contributed by atoms with Gasteiger partial charge in [0.05, 0.1) is 13.2 Å². The zero-order valence-corrected chi connectivity index (χ0v) is 10.7. The molecule has 0 saturated heterocycles. The Morgan fingerprint density at radius 2 is 1.59 bits per heavy atom. The number of unbranched alkanes of at least 4 members (excludes halogenated alkanes) is 1. The molecule has 0 unspecified atom stereocenters. The van der Waals surface area contributed by atoms with Crippen LogP contribution in [0.5, 0.6) is 12.0 Å². The summed E-state index contributed by atoms with van der Waals surface area (Å²) in [6.07, 6.45) is 2.96. The third-order valence-corrected chi connectivity index (χ3v) is 1.98. The molecule has 0 atom stereocenters. The van der Waals surface area contributed by atoms with Gasteiger partial charge in [-0.3, -0.25) is 0 Å². The zero-order valence-electron chi connectivity index (χ0n) is 10.7. The summed E-state index contributed by atoms with van der Waals surface area (Å²) >= 11 is 0. The van der Waals surface area contributed by atoms with E-state index in [-0.39, 0.29) is 0 Å². The quantitative estimate of drug-likeness (QED) is 0.700. The molecule has 0 aliphatic heterocycles. The number of nitrogens with one attached hydrogen (secondary N) is 1. The van der Waals surface area contributed by atoms with Crippen molar-refractivity contribution >= 4 is 5.95 Å². The fourth-order valence-corrected chi connectivity index (χ4v) is 1.08. The monoisotopic (exact) mass is 240 g/mol. The minimum atomic E-state index is 0.303. The molecule has 1 aromatic heterocycles. The van der Waals surface area contributed by atoms with Crippen LogP contribution in [-0.2, 0) is 0 Å². The maximum atomic E-state index is 5.43. The van der Waals surface area contributed by atoms with Crippen molar-refractivity contribution in [2.75, 3.05) is 25.6 Å². The van der Waals surface area contributed by atoms with Gasteiger partial charge >= 0.3 is 12.0 Å². The van der Waals surface area contributed by atoms with Crippen LogP contribution in [0.4, 0.5) is 5.95 Å².